The largest absolute Gasteiger partial charge is 0.744 e. The van der Waals surface area contributed by atoms with E-state index in [1.807, 2.05) is 0 Å². The van der Waals surface area contributed by atoms with E-state index in [-0.39, 0.29) is 21.9 Å². The van der Waals surface area contributed by atoms with E-state index in [0.29, 0.717) is 5.56 Å². The summed E-state index contributed by atoms with van der Waals surface area (Å²) in [5, 5.41) is 0. The number of imidazole rings is 1. The van der Waals surface area contributed by atoms with Gasteiger partial charge in [-0.15, -0.1) is 0 Å². The number of hydrogen-bond donors (Lipinski definition) is 1. The van der Waals surface area contributed by atoms with Gasteiger partial charge in [-0.25, -0.2) is 18.2 Å². The molecule has 0 spiro atoms. The van der Waals surface area contributed by atoms with E-state index in [9.17, 15) is 22.6 Å². The number of H-pyrrole nitrogens is 1. The Morgan fingerprint density at radius 1 is 1.09 bits per heavy atom. The molecule has 0 radical (unpaired) electrons. The maximum absolute atomic E-state index is 12.1. The molecule has 0 unspecified atom stereocenters. The first kappa shape index (κ1) is 15.2. The molecule has 9 nitrogen and oxygen atoms in total. The number of nitrogens with zero attached hydrogens (tertiary/aromatic N) is 3. The highest BCUT2D eigenvalue weighted by atomic mass is 32.2. The predicted octanol–water partition coefficient (Wildman–Crippen LogP) is -0.469. The molecule has 2 aromatic heterocycles. The van der Waals surface area contributed by atoms with E-state index in [1.54, 1.807) is 0 Å². The van der Waals surface area contributed by atoms with Gasteiger partial charge in [-0.3, -0.25) is 13.9 Å². The van der Waals surface area contributed by atoms with Gasteiger partial charge in [0.1, 0.15) is 21.5 Å². The van der Waals surface area contributed by atoms with Gasteiger partial charge in [0.15, 0.2) is 5.65 Å². The Bertz CT molecular complexity index is 1140. The molecule has 2 heterocycles. The Balaban J connectivity index is 2.22. The molecule has 0 aliphatic carbocycles. The molecule has 0 fully saturated rings. The second kappa shape index (κ2) is 4.89. The van der Waals surface area contributed by atoms with Crippen molar-refractivity contribution in [3.63, 3.8) is 0 Å². The van der Waals surface area contributed by atoms with E-state index in [4.69, 9.17) is 0 Å². The smallest absolute Gasteiger partial charge is 0.332 e. The monoisotopic (exact) mass is 335 g/mol. The predicted molar refractivity (Wildman–Crippen MR) is 80.0 cm³/mol. The van der Waals surface area contributed by atoms with Gasteiger partial charge in [-0.1, -0.05) is 12.1 Å². The molecule has 3 aromatic rings. The topological polar surface area (TPSA) is 130 Å². The quantitative estimate of drug-likeness (QED) is 0.630. The lowest BCUT2D eigenvalue weighted by atomic mass is 10.2. The van der Waals surface area contributed by atoms with Gasteiger partial charge in [-0.05, 0) is 12.1 Å². The van der Waals surface area contributed by atoms with Crippen LogP contribution in [-0.4, -0.2) is 32.1 Å². The van der Waals surface area contributed by atoms with Gasteiger partial charge in [0.2, 0.25) is 0 Å². The Labute approximate surface area is 129 Å². The lowest BCUT2D eigenvalue weighted by Crippen LogP contribution is -2.36. The van der Waals surface area contributed by atoms with Crippen LogP contribution in [-0.2, 0) is 24.2 Å². The average molecular weight is 335 g/mol. The normalized spacial score (nSPS) is 12.0. The number of aromatic nitrogens is 4. The highest BCUT2D eigenvalue weighted by molar-refractivity contribution is 7.85. The summed E-state index contributed by atoms with van der Waals surface area (Å²) in [5.41, 5.74) is -0.198. The first-order valence-corrected chi connectivity index (χ1v) is 7.83. The van der Waals surface area contributed by atoms with Crippen LogP contribution in [0.2, 0.25) is 0 Å². The van der Waals surface area contributed by atoms with Crippen molar-refractivity contribution in [3.05, 3.63) is 45.1 Å². The average Bonchev–Trinajstić information content (AvgIpc) is 2.95. The molecule has 23 heavy (non-hydrogen) atoms. The van der Waals surface area contributed by atoms with Gasteiger partial charge in [0, 0.05) is 19.7 Å². The van der Waals surface area contributed by atoms with Crippen LogP contribution in [0.25, 0.3) is 22.6 Å². The number of nitrogens with one attached hydrogen (secondary N) is 1. The number of aryl methyl sites for hydroxylation is 1. The van der Waals surface area contributed by atoms with Crippen molar-refractivity contribution in [1.82, 2.24) is 19.1 Å². The molecule has 120 valence electrons. The maximum atomic E-state index is 12.1. The zero-order chi connectivity index (χ0) is 16.9. The summed E-state index contributed by atoms with van der Waals surface area (Å²) >= 11 is 0. The summed E-state index contributed by atoms with van der Waals surface area (Å²) in [6, 6.07) is 5.10. The Hall–Kier alpha value is -2.72. The third-order valence-corrected chi connectivity index (χ3v) is 4.36. The van der Waals surface area contributed by atoms with Crippen molar-refractivity contribution in [2.45, 2.75) is 4.90 Å². The molecule has 0 atom stereocenters. The summed E-state index contributed by atoms with van der Waals surface area (Å²) in [6.07, 6.45) is 0. The van der Waals surface area contributed by atoms with Gasteiger partial charge in [-0.2, -0.15) is 0 Å². The fourth-order valence-corrected chi connectivity index (χ4v) is 2.71. The second-order valence-corrected chi connectivity index (χ2v) is 6.35. The number of aromatic amines is 1. The molecular weight excluding hydrogens is 324 g/mol. The standard InChI is InChI=1S/C13H12N4O5S/c1-16-11-9(12(18)17(2)13(16)19)14-10(15-11)7-3-5-8(6-4-7)23(20,21)22/h3-6H,1-2H3,(H,14,15)(H,20,21,22)/p-1. The van der Waals surface area contributed by atoms with Crippen molar-refractivity contribution in [2.24, 2.45) is 14.1 Å². The second-order valence-electron chi connectivity index (χ2n) is 4.97. The lowest BCUT2D eigenvalue weighted by molar-refractivity contribution is 0.463. The number of fused-ring (bicyclic) bond motifs is 1. The first-order chi connectivity index (χ1) is 10.7. The maximum Gasteiger partial charge on any atom is 0.332 e. The van der Waals surface area contributed by atoms with Gasteiger partial charge in [0.05, 0.1) is 4.90 Å². The summed E-state index contributed by atoms with van der Waals surface area (Å²) < 4.78 is 35.0. The van der Waals surface area contributed by atoms with Gasteiger partial charge < -0.3 is 9.54 Å². The molecule has 0 bridgehead atoms. The third-order valence-electron chi connectivity index (χ3n) is 3.51. The van der Waals surface area contributed by atoms with E-state index in [0.717, 1.165) is 16.7 Å². The van der Waals surface area contributed by atoms with Crippen LogP contribution < -0.4 is 11.2 Å². The van der Waals surface area contributed by atoms with Crippen molar-refractivity contribution >= 4 is 21.3 Å². The Morgan fingerprint density at radius 3 is 2.26 bits per heavy atom. The van der Waals surface area contributed by atoms with Crippen LogP contribution in [0.15, 0.2) is 38.8 Å². The highest BCUT2D eigenvalue weighted by Crippen LogP contribution is 2.20. The fraction of sp³-hybridized carbons (Fsp3) is 0.154. The molecule has 1 aromatic carbocycles. The van der Waals surface area contributed by atoms with E-state index < -0.39 is 21.4 Å². The first-order valence-electron chi connectivity index (χ1n) is 6.42. The number of rotatable bonds is 2. The van der Waals surface area contributed by atoms with Gasteiger partial charge >= 0.3 is 5.69 Å². The van der Waals surface area contributed by atoms with Gasteiger partial charge in [0.25, 0.3) is 5.56 Å². The molecule has 0 saturated heterocycles. The summed E-state index contributed by atoms with van der Waals surface area (Å²) in [5.74, 6) is 0.285. The SMILES string of the molecule is Cn1c(=O)c2[nH]c(-c3ccc(S(=O)(=O)[O-])cc3)nc2n(C)c1=O. The minimum atomic E-state index is -4.53. The van der Waals surface area contributed by atoms with Crippen molar-refractivity contribution < 1.29 is 13.0 Å². The molecule has 0 saturated carbocycles. The lowest BCUT2D eigenvalue weighted by Gasteiger charge is -2.06. The highest BCUT2D eigenvalue weighted by Gasteiger charge is 2.14. The molecule has 0 aliphatic rings. The minimum Gasteiger partial charge on any atom is -0.744 e. The van der Waals surface area contributed by atoms with Crippen molar-refractivity contribution in [2.75, 3.05) is 0 Å². The van der Waals surface area contributed by atoms with E-state index >= 15 is 0 Å². The Kier molecular flexibility index (Phi) is 3.23. The molecular formula is C13H11N4O5S-. The van der Waals surface area contributed by atoms with Crippen molar-refractivity contribution in [3.8, 4) is 11.4 Å². The molecule has 0 aliphatic heterocycles. The number of benzene rings is 1. The summed E-state index contributed by atoms with van der Waals surface area (Å²) in [7, 11) is -1.68. The zero-order valence-corrected chi connectivity index (χ0v) is 12.9. The fourth-order valence-electron chi connectivity index (χ4n) is 2.24. The molecule has 10 heteroatoms. The Morgan fingerprint density at radius 2 is 1.70 bits per heavy atom. The summed E-state index contributed by atoms with van der Waals surface area (Å²) in [6.45, 7) is 0. The molecule has 3 rings (SSSR count). The van der Waals surface area contributed by atoms with Crippen LogP contribution in [0.1, 0.15) is 0 Å². The summed E-state index contributed by atoms with van der Waals surface area (Å²) in [4.78, 5) is 30.6. The van der Waals surface area contributed by atoms with Crippen LogP contribution in [0, 0.1) is 0 Å². The van der Waals surface area contributed by atoms with Crippen molar-refractivity contribution in [1.29, 1.82) is 0 Å². The molecule has 0 amide bonds. The van der Waals surface area contributed by atoms with E-state index in [2.05, 4.69) is 9.97 Å². The third kappa shape index (κ3) is 2.37. The van der Waals surface area contributed by atoms with E-state index in [1.165, 1.54) is 30.8 Å². The van der Waals surface area contributed by atoms with Crippen LogP contribution in [0.3, 0.4) is 0 Å². The minimum absolute atomic E-state index is 0.158. The van der Waals surface area contributed by atoms with Crippen LogP contribution in [0.4, 0.5) is 0 Å². The van der Waals surface area contributed by atoms with Crippen LogP contribution in [0.5, 0.6) is 0 Å². The molecule has 1 N–H and O–H groups in total. The number of hydrogen-bond acceptors (Lipinski definition) is 6. The van der Waals surface area contributed by atoms with Crippen LogP contribution >= 0.6 is 0 Å². The zero-order valence-electron chi connectivity index (χ0n) is 12.1.